The molecule has 3 aliphatic heterocycles. The highest BCUT2D eigenvalue weighted by atomic mass is 35.5. The van der Waals surface area contributed by atoms with Crippen molar-refractivity contribution in [2.45, 2.75) is 82.5 Å². The summed E-state index contributed by atoms with van der Waals surface area (Å²) < 4.78 is 29.9. The van der Waals surface area contributed by atoms with Gasteiger partial charge in [0, 0.05) is 35.6 Å². The second kappa shape index (κ2) is 10.8. The van der Waals surface area contributed by atoms with Gasteiger partial charge in [-0.2, -0.15) is 5.26 Å². The summed E-state index contributed by atoms with van der Waals surface area (Å²) in [5.41, 5.74) is 1.38. The fourth-order valence-electron chi connectivity index (χ4n) is 5.85. The predicted molar refractivity (Wildman–Crippen MR) is 134 cm³/mol. The Morgan fingerprint density at radius 2 is 2.08 bits per heavy atom. The molecule has 200 valence electrons. The number of carbonyl (C=O) groups excluding carboxylic acids is 3. The second-order valence-corrected chi connectivity index (χ2v) is 10.7. The van der Waals surface area contributed by atoms with Gasteiger partial charge in [0.05, 0.1) is 12.0 Å². The molecule has 3 saturated heterocycles. The Balaban J connectivity index is 1.54. The molecule has 2 bridgehead atoms. The monoisotopic (exact) mass is 535 g/mol. The first-order chi connectivity index (χ1) is 17.5. The number of piperidine rings is 3. The normalized spacial score (nSPS) is 28.0. The van der Waals surface area contributed by atoms with Crippen LogP contribution in [0.15, 0.2) is 18.2 Å². The summed E-state index contributed by atoms with van der Waals surface area (Å²) in [4.78, 5) is 40.5. The molecule has 0 radical (unpaired) electrons. The zero-order valence-electron chi connectivity index (χ0n) is 20.9. The molecule has 3 N–H and O–H groups in total. The van der Waals surface area contributed by atoms with Crippen molar-refractivity contribution >= 4 is 35.0 Å². The van der Waals surface area contributed by atoms with Gasteiger partial charge in [-0.05, 0) is 63.6 Å². The third-order valence-electron chi connectivity index (χ3n) is 7.86. The Hall–Kier alpha value is -2.93. The van der Waals surface area contributed by atoms with E-state index in [-0.39, 0.29) is 18.7 Å². The first-order valence-corrected chi connectivity index (χ1v) is 13.1. The lowest BCUT2D eigenvalue weighted by Crippen LogP contribution is -2.70. The smallest absolute Gasteiger partial charge is 0.255 e. The van der Waals surface area contributed by atoms with Crippen LogP contribution in [0.4, 0.5) is 14.5 Å². The number of rotatable bonds is 7. The molecule has 3 heterocycles. The minimum atomic E-state index is -3.10. The molecular formula is C26H32ClF2N5O3. The van der Waals surface area contributed by atoms with Gasteiger partial charge in [0.25, 0.3) is 5.92 Å². The molecule has 1 saturated carbocycles. The van der Waals surface area contributed by atoms with E-state index in [0.29, 0.717) is 30.1 Å². The molecule has 0 unspecified atom stereocenters. The van der Waals surface area contributed by atoms with E-state index >= 15 is 0 Å². The number of halogens is 3. The van der Waals surface area contributed by atoms with E-state index in [1.807, 2.05) is 6.07 Å². The number of benzene rings is 1. The summed E-state index contributed by atoms with van der Waals surface area (Å²) >= 11 is 6.19. The first kappa shape index (κ1) is 27.1. The quantitative estimate of drug-likeness (QED) is 0.495. The van der Waals surface area contributed by atoms with Gasteiger partial charge in [-0.25, -0.2) is 8.78 Å². The standard InChI is InChI=1S/C26H32ClF2N5O3/c1-14-20(27)6-3-7-21(14)32-15(2)25(37)34-18-8-9-19(26(28,29)12-18)22(34)24(36)33-17(13-30)11-16-5-4-10-31-23(16)35/h3,6-7,15-19,22,32H,4-5,8-12H2,1-2H3,(H,31,35)(H,33,36)/t15-,16-,17+,18+,19+,22+/m0/s1. The summed E-state index contributed by atoms with van der Waals surface area (Å²) in [5.74, 6) is -6.32. The summed E-state index contributed by atoms with van der Waals surface area (Å²) in [5, 5.41) is 18.6. The van der Waals surface area contributed by atoms with Crippen molar-refractivity contribution in [3.8, 4) is 6.07 Å². The number of nitriles is 1. The van der Waals surface area contributed by atoms with Crippen molar-refractivity contribution in [1.82, 2.24) is 15.5 Å². The predicted octanol–water partition coefficient (Wildman–Crippen LogP) is 3.39. The Bertz CT molecular complexity index is 1110. The maximum Gasteiger partial charge on any atom is 0.255 e. The lowest BCUT2D eigenvalue weighted by atomic mass is 9.71. The average Bonchev–Trinajstić information content (AvgIpc) is 2.86. The van der Waals surface area contributed by atoms with Gasteiger partial charge in [-0.15, -0.1) is 0 Å². The van der Waals surface area contributed by atoms with Crippen molar-refractivity contribution in [2.75, 3.05) is 11.9 Å². The molecule has 0 spiro atoms. The fourth-order valence-corrected chi connectivity index (χ4v) is 6.03. The maximum absolute atomic E-state index is 15.0. The van der Waals surface area contributed by atoms with Crippen LogP contribution >= 0.6 is 11.6 Å². The number of hydrogen-bond donors (Lipinski definition) is 3. The molecule has 1 aromatic rings. The van der Waals surface area contributed by atoms with Crippen LogP contribution in [0.3, 0.4) is 0 Å². The van der Waals surface area contributed by atoms with Crippen LogP contribution < -0.4 is 16.0 Å². The number of nitrogens with zero attached hydrogens (tertiary/aromatic N) is 2. The average molecular weight is 536 g/mol. The molecule has 8 nitrogen and oxygen atoms in total. The number of anilines is 1. The lowest BCUT2D eigenvalue weighted by Gasteiger charge is -2.54. The van der Waals surface area contributed by atoms with Gasteiger partial charge < -0.3 is 20.9 Å². The molecule has 3 amide bonds. The van der Waals surface area contributed by atoms with Gasteiger partial charge in [0.15, 0.2) is 0 Å². The molecule has 11 heteroatoms. The Morgan fingerprint density at radius 1 is 1.32 bits per heavy atom. The van der Waals surface area contributed by atoms with Crippen LogP contribution in [-0.2, 0) is 14.4 Å². The van der Waals surface area contributed by atoms with Gasteiger partial charge >= 0.3 is 0 Å². The Labute approximate surface area is 220 Å². The summed E-state index contributed by atoms with van der Waals surface area (Å²) in [6.07, 6.45) is 1.42. The van der Waals surface area contributed by atoms with Crippen LogP contribution in [0.25, 0.3) is 0 Å². The molecule has 4 fully saturated rings. The molecule has 0 aromatic heterocycles. The van der Waals surface area contributed by atoms with E-state index in [9.17, 15) is 28.4 Å². The van der Waals surface area contributed by atoms with E-state index in [1.165, 1.54) is 4.90 Å². The summed E-state index contributed by atoms with van der Waals surface area (Å²) in [7, 11) is 0. The van der Waals surface area contributed by atoms with Crippen LogP contribution in [0.2, 0.25) is 5.02 Å². The van der Waals surface area contributed by atoms with Gasteiger partial charge in [0.1, 0.15) is 18.1 Å². The van der Waals surface area contributed by atoms with Gasteiger partial charge in [-0.1, -0.05) is 17.7 Å². The number of alkyl halides is 2. The highest BCUT2D eigenvalue weighted by Gasteiger charge is 2.60. The topological polar surface area (TPSA) is 114 Å². The molecule has 37 heavy (non-hydrogen) atoms. The van der Waals surface area contributed by atoms with Crippen LogP contribution in [0, 0.1) is 30.1 Å². The van der Waals surface area contributed by atoms with Gasteiger partial charge in [-0.3, -0.25) is 14.4 Å². The van der Waals surface area contributed by atoms with Crippen molar-refractivity contribution in [2.24, 2.45) is 11.8 Å². The summed E-state index contributed by atoms with van der Waals surface area (Å²) in [6.45, 7) is 3.99. The van der Waals surface area contributed by atoms with Crippen LogP contribution in [0.5, 0.6) is 0 Å². The molecule has 4 aliphatic rings. The van der Waals surface area contributed by atoms with Crippen molar-refractivity contribution in [3.05, 3.63) is 28.8 Å². The van der Waals surface area contributed by atoms with E-state index in [0.717, 1.165) is 12.0 Å². The minimum Gasteiger partial charge on any atom is -0.374 e. The van der Waals surface area contributed by atoms with E-state index < -0.39 is 60.2 Å². The van der Waals surface area contributed by atoms with E-state index in [2.05, 4.69) is 16.0 Å². The van der Waals surface area contributed by atoms with Crippen molar-refractivity contribution in [3.63, 3.8) is 0 Å². The van der Waals surface area contributed by atoms with Gasteiger partial charge in [0.2, 0.25) is 17.7 Å². The number of nitrogens with one attached hydrogen (secondary N) is 3. The van der Waals surface area contributed by atoms with Crippen molar-refractivity contribution in [1.29, 1.82) is 5.26 Å². The number of amides is 3. The largest absolute Gasteiger partial charge is 0.374 e. The number of hydrogen-bond acceptors (Lipinski definition) is 5. The first-order valence-electron chi connectivity index (χ1n) is 12.7. The third kappa shape index (κ3) is 5.52. The lowest BCUT2D eigenvalue weighted by molar-refractivity contribution is -0.194. The van der Waals surface area contributed by atoms with E-state index in [4.69, 9.17) is 11.6 Å². The minimum absolute atomic E-state index is 0.0885. The molecule has 6 atom stereocenters. The van der Waals surface area contributed by atoms with E-state index in [1.54, 1.807) is 32.0 Å². The molecule has 5 rings (SSSR count). The highest BCUT2D eigenvalue weighted by molar-refractivity contribution is 6.31. The second-order valence-electron chi connectivity index (χ2n) is 10.3. The Morgan fingerprint density at radius 3 is 2.76 bits per heavy atom. The summed E-state index contributed by atoms with van der Waals surface area (Å²) in [6, 6.07) is 3.18. The Kier molecular flexibility index (Phi) is 7.93. The zero-order valence-corrected chi connectivity index (χ0v) is 21.7. The zero-order chi connectivity index (χ0) is 26.9. The molecule has 1 aliphatic carbocycles. The molecular weight excluding hydrogens is 504 g/mol. The van der Waals surface area contributed by atoms with Crippen LogP contribution in [-0.4, -0.2) is 59.3 Å². The number of carbonyl (C=O) groups is 3. The SMILES string of the molecule is Cc1c(Cl)cccc1N[C@@H](C)C(=O)N1[C@@H]2CC[C@H]([C@@H]1C(=O)N[C@@H](C#N)C[C@@H]1CCCNC1=O)C(F)(F)C2. The third-order valence-corrected chi connectivity index (χ3v) is 8.27. The maximum atomic E-state index is 15.0. The molecule has 1 aromatic carbocycles. The highest BCUT2D eigenvalue weighted by Crippen LogP contribution is 2.49. The fraction of sp³-hybridized carbons (Fsp3) is 0.615. The van der Waals surface area contributed by atoms with Crippen LogP contribution in [0.1, 0.15) is 51.0 Å². The van der Waals surface area contributed by atoms with Crippen molar-refractivity contribution < 1.29 is 23.2 Å². The number of fused-ring (bicyclic) bond motifs is 3.